The molecule has 8 nitrogen and oxygen atoms in total. The highest BCUT2D eigenvalue weighted by Gasteiger charge is 2.37. The van der Waals surface area contributed by atoms with Gasteiger partial charge in [-0.1, -0.05) is 70.8 Å². The molecular formula is C26H25Cl2N3O5. The molecule has 1 aliphatic rings. The molecule has 36 heavy (non-hydrogen) atoms. The number of rotatable bonds is 8. The first-order valence-electron chi connectivity index (χ1n) is 11.2. The average molecular weight is 530 g/mol. The number of ether oxygens (including phenoxy) is 3. The van der Waals surface area contributed by atoms with Gasteiger partial charge in [-0.25, -0.2) is 4.79 Å². The second-order valence-electron chi connectivity index (χ2n) is 8.10. The van der Waals surface area contributed by atoms with Crippen molar-refractivity contribution in [2.45, 2.75) is 26.2 Å². The summed E-state index contributed by atoms with van der Waals surface area (Å²) in [5.74, 6) is 0.399. The predicted molar refractivity (Wildman–Crippen MR) is 135 cm³/mol. The lowest BCUT2D eigenvalue weighted by Crippen LogP contribution is -2.27. The maximum absolute atomic E-state index is 12.5. The van der Waals surface area contributed by atoms with Crippen molar-refractivity contribution in [3.05, 3.63) is 98.6 Å². The van der Waals surface area contributed by atoms with E-state index in [0.29, 0.717) is 39.1 Å². The minimum atomic E-state index is -0.874. The van der Waals surface area contributed by atoms with Crippen molar-refractivity contribution >= 4 is 34.9 Å². The van der Waals surface area contributed by atoms with Crippen molar-refractivity contribution < 1.29 is 23.5 Å². The van der Waals surface area contributed by atoms with E-state index in [0.717, 1.165) is 11.3 Å². The Kier molecular flexibility index (Phi) is 8.30. The zero-order valence-electron chi connectivity index (χ0n) is 20.0. The molecule has 1 unspecified atom stereocenters. The van der Waals surface area contributed by atoms with Crippen LogP contribution in [0.25, 0.3) is 5.57 Å². The van der Waals surface area contributed by atoms with Crippen LogP contribution in [0, 0.1) is 0 Å². The van der Waals surface area contributed by atoms with Crippen LogP contribution in [0.15, 0.2) is 70.2 Å². The van der Waals surface area contributed by atoms with Gasteiger partial charge in [-0.15, -0.1) is 0 Å². The maximum atomic E-state index is 12.5. The number of nitrogens with zero attached hydrogens (tertiary/aromatic N) is 2. The van der Waals surface area contributed by atoms with E-state index < -0.39 is 12.1 Å². The van der Waals surface area contributed by atoms with Crippen LogP contribution in [0.4, 0.5) is 4.79 Å². The fourth-order valence-electron chi connectivity index (χ4n) is 3.97. The number of hydrogen-bond donors (Lipinski definition) is 1. The van der Waals surface area contributed by atoms with Gasteiger partial charge in [0.15, 0.2) is 5.82 Å². The summed E-state index contributed by atoms with van der Waals surface area (Å²) in [6.07, 6.45) is -0.378. The molecule has 0 amide bonds. The highest BCUT2D eigenvalue weighted by molar-refractivity contribution is 6.42. The lowest BCUT2D eigenvalue weighted by molar-refractivity contribution is 0.0503. The Morgan fingerprint density at radius 2 is 1.83 bits per heavy atom. The van der Waals surface area contributed by atoms with Crippen LogP contribution >= 0.6 is 23.2 Å². The summed E-state index contributed by atoms with van der Waals surface area (Å²) in [6, 6.07) is 15.1. The first kappa shape index (κ1) is 25.8. The normalized spacial score (nSPS) is 15.6. The number of dihydropyridines is 1. The minimum absolute atomic E-state index is 0.0475. The van der Waals surface area contributed by atoms with Crippen LogP contribution in [0.1, 0.15) is 42.6 Å². The first-order valence-corrected chi connectivity index (χ1v) is 12.0. The number of carbonyl (C=O) groups is 1. The van der Waals surface area contributed by atoms with Crippen LogP contribution in [-0.2, 0) is 20.6 Å². The average Bonchev–Trinajstić information content (AvgIpc) is 3.31. The second kappa shape index (κ2) is 11.6. The summed E-state index contributed by atoms with van der Waals surface area (Å²) in [4.78, 5) is 17.1. The van der Waals surface area contributed by atoms with Crippen molar-refractivity contribution in [3.8, 4) is 0 Å². The molecule has 0 saturated carbocycles. The number of allylic oxidation sites excluding steroid dienone is 3. The Morgan fingerprint density at radius 3 is 2.58 bits per heavy atom. The number of carbonyl (C=O) groups excluding carboxylic acids is 1. The van der Waals surface area contributed by atoms with Gasteiger partial charge in [0.2, 0.25) is 0 Å². The topological polar surface area (TPSA) is 95.7 Å². The molecule has 10 heteroatoms. The largest absolute Gasteiger partial charge is 0.513 e. The number of methoxy groups -OCH3 is 1. The molecule has 0 radical (unpaired) electrons. The second-order valence-corrected chi connectivity index (χ2v) is 8.89. The van der Waals surface area contributed by atoms with Crippen LogP contribution in [0.3, 0.4) is 0 Å². The molecule has 2 aromatic carbocycles. The molecule has 2 heterocycles. The molecule has 1 aromatic heterocycles. The Bertz CT molecular complexity index is 1300. The number of hydrogen-bond acceptors (Lipinski definition) is 8. The molecule has 0 fully saturated rings. The lowest BCUT2D eigenvalue weighted by Gasteiger charge is -2.30. The van der Waals surface area contributed by atoms with Gasteiger partial charge in [0, 0.05) is 19.2 Å². The third-order valence-corrected chi connectivity index (χ3v) is 6.43. The maximum Gasteiger partial charge on any atom is 0.513 e. The van der Waals surface area contributed by atoms with Gasteiger partial charge in [0.25, 0.3) is 5.89 Å². The SMILES string of the molecule is COCCOC(=O)OC1=C(C)NC(C)=C(c2nc(Cc3ccccc3)no2)C1c1cccc(Cl)c1Cl. The van der Waals surface area contributed by atoms with Crippen molar-refractivity contribution in [1.29, 1.82) is 0 Å². The summed E-state index contributed by atoms with van der Waals surface area (Å²) in [5, 5.41) is 8.10. The van der Waals surface area contributed by atoms with Crippen molar-refractivity contribution in [3.63, 3.8) is 0 Å². The third kappa shape index (κ3) is 5.73. The number of halogens is 2. The fourth-order valence-corrected chi connectivity index (χ4v) is 4.39. The van der Waals surface area contributed by atoms with E-state index in [1.165, 1.54) is 7.11 Å². The lowest BCUT2D eigenvalue weighted by atomic mass is 9.85. The summed E-state index contributed by atoms with van der Waals surface area (Å²) < 4.78 is 21.4. The van der Waals surface area contributed by atoms with E-state index >= 15 is 0 Å². The summed E-state index contributed by atoms with van der Waals surface area (Å²) in [6.45, 7) is 3.95. The van der Waals surface area contributed by atoms with Crippen molar-refractivity contribution in [2.24, 2.45) is 0 Å². The van der Waals surface area contributed by atoms with Gasteiger partial charge >= 0.3 is 6.16 Å². The predicted octanol–water partition coefficient (Wildman–Crippen LogP) is 6.12. The van der Waals surface area contributed by atoms with E-state index in [2.05, 4.69) is 15.5 Å². The number of nitrogens with one attached hydrogen (secondary N) is 1. The summed E-state index contributed by atoms with van der Waals surface area (Å²) in [7, 11) is 1.51. The van der Waals surface area contributed by atoms with Gasteiger partial charge in [-0.05, 0) is 31.0 Å². The molecular weight excluding hydrogens is 505 g/mol. The van der Waals surface area contributed by atoms with Gasteiger partial charge in [0.05, 0.1) is 33.8 Å². The van der Waals surface area contributed by atoms with Crippen molar-refractivity contribution in [1.82, 2.24) is 15.5 Å². The van der Waals surface area contributed by atoms with Gasteiger partial charge < -0.3 is 24.1 Å². The Hall–Kier alpha value is -3.33. The minimum Gasteiger partial charge on any atom is -0.432 e. The summed E-state index contributed by atoms with van der Waals surface area (Å²) in [5.41, 5.74) is 3.61. The molecule has 0 saturated heterocycles. The molecule has 1 N–H and O–H groups in total. The summed E-state index contributed by atoms with van der Waals surface area (Å²) >= 11 is 13.0. The van der Waals surface area contributed by atoms with Gasteiger partial charge in [-0.2, -0.15) is 4.98 Å². The Balaban J connectivity index is 1.74. The Morgan fingerprint density at radius 1 is 1.06 bits per heavy atom. The smallest absolute Gasteiger partial charge is 0.432 e. The third-order valence-electron chi connectivity index (χ3n) is 5.60. The zero-order chi connectivity index (χ0) is 25.7. The first-order chi connectivity index (χ1) is 17.4. The Labute approximate surface area is 218 Å². The van der Waals surface area contributed by atoms with Gasteiger partial charge in [-0.3, -0.25) is 0 Å². The monoisotopic (exact) mass is 529 g/mol. The highest BCUT2D eigenvalue weighted by Crippen LogP contribution is 2.46. The van der Waals surface area contributed by atoms with E-state index in [9.17, 15) is 4.79 Å². The molecule has 0 bridgehead atoms. The van der Waals surface area contributed by atoms with Crippen LogP contribution < -0.4 is 5.32 Å². The quantitative estimate of drug-likeness (QED) is 0.275. The van der Waals surface area contributed by atoms with E-state index in [1.807, 2.05) is 43.3 Å². The van der Waals surface area contributed by atoms with Crippen LogP contribution in [0.2, 0.25) is 10.0 Å². The molecule has 188 valence electrons. The zero-order valence-corrected chi connectivity index (χ0v) is 21.5. The van der Waals surface area contributed by atoms with Gasteiger partial charge in [0.1, 0.15) is 12.4 Å². The van der Waals surface area contributed by atoms with Crippen LogP contribution in [0.5, 0.6) is 0 Å². The van der Waals surface area contributed by atoms with Crippen molar-refractivity contribution in [2.75, 3.05) is 20.3 Å². The van der Waals surface area contributed by atoms with E-state index in [-0.39, 0.29) is 24.9 Å². The molecule has 0 aliphatic carbocycles. The molecule has 1 aliphatic heterocycles. The molecule has 3 aromatic rings. The van der Waals surface area contributed by atoms with E-state index in [4.69, 9.17) is 41.9 Å². The number of benzene rings is 2. The molecule has 0 spiro atoms. The fraction of sp³-hybridized carbons (Fsp3) is 0.269. The van der Waals surface area contributed by atoms with Crippen LogP contribution in [-0.4, -0.2) is 36.6 Å². The van der Waals surface area contributed by atoms with E-state index in [1.54, 1.807) is 19.1 Å². The number of aromatic nitrogens is 2. The highest BCUT2D eigenvalue weighted by atomic mass is 35.5. The molecule has 4 rings (SSSR count). The standard InChI is InChI=1S/C26H25Cl2N3O5/c1-15-21(25-30-20(31-36-25)14-17-8-5-4-6-9-17)22(18-10-7-11-19(27)23(18)28)24(16(2)29-15)35-26(32)34-13-12-33-3/h4-11,22,29H,12-14H2,1-3H3. The molecule has 1 atom stereocenters.